The molecule has 0 aliphatic heterocycles. The van der Waals surface area contributed by atoms with Gasteiger partial charge in [0.1, 0.15) is 5.82 Å². The third-order valence-corrected chi connectivity index (χ3v) is 3.43. The Labute approximate surface area is 131 Å². The zero-order valence-electron chi connectivity index (χ0n) is 12.8. The van der Waals surface area contributed by atoms with Crippen molar-refractivity contribution < 1.29 is 4.39 Å². The number of rotatable bonds is 6. The fourth-order valence-corrected chi connectivity index (χ4v) is 2.19. The molecule has 0 radical (unpaired) electrons. The summed E-state index contributed by atoms with van der Waals surface area (Å²) in [6.07, 6.45) is 2.64. The van der Waals surface area contributed by atoms with E-state index in [2.05, 4.69) is 29.4 Å². The van der Waals surface area contributed by atoms with Crippen LogP contribution in [0.1, 0.15) is 24.5 Å². The second-order valence-electron chi connectivity index (χ2n) is 5.18. The molecule has 0 aliphatic carbocycles. The molecule has 0 atom stereocenters. The molecule has 0 saturated heterocycles. The van der Waals surface area contributed by atoms with E-state index in [1.807, 2.05) is 18.2 Å². The lowest BCUT2D eigenvalue weighted by Gasteiger charge is -2.06. The van der Waals surface area contributed by atoms with Crippen molar-refractivity contribution in [3.63, 3.8) is 0 Å². The molecular formula is C18H22FN3. The van der Waals surface area contributed by atoms with Gasteiger partial charge in [0, 0.05) is 12.2 Å². The molecule has 0 spiro atoms. The van der Waals surface area contributed by atoms with Gasteiger partial charge < -0.3 is 11.1 Å². The third-order valence-electron chi connectivity index (χ3n) is 3.43. The number of aliphatic imine (C=N–C) groups is 1. The number of nitrogens with two attached hydrogens (primary N) is 1. The minimum Gasteiger partial charge on any atom is -0.370 e. The van der Waals surface area contributed by atoms with Gasteiger partial charge in [0.2, 0.25) is 0 Å². The van der Waals surface area contributed by atoms with Crippen LogP contribution in [0.3, 0.4) is 0 Å². The summed E-state index contributed by atoms with van der Waals surface area (Å²) in [6.45, 7) is 2.74. The van der Waals surface area contributed by atoms with E-state index in [0.717, 1.165) is 30.5 Å². The van der Waals surface area contributed by atoms with Crippen LogP contribution in [0.15, 0.2) is 53.5 Å². The van der Waals surface area contributed by atoms with Crippen molar-refractivity contribution in [3.05, 3.63) is 65.5 Å². The van der Waals surface area contributed by atoms with Crippen LogP contribution in [0.4, 0.5) is 10.1 Å². The van der Waals surface area contributed by atoms with E-state index >= 15 is 0 Å². The Kier molecular flexibility index (Phi) is 5.95. The Hall–Kier alpha value is -2.36. The van der Waals surface area contributed by atoms with E-state index in [1.54, 1.807) is 12.1 Å². The average molecular weight is 299 g/mol. The van der Waals surface area contributed by atoms with Crippen LogP contribution in [0, 0.1) is 5.82 Å². The molecule has 3 nitrogen and oxygen atoms in total. The van der Waals surface area contributed by atoms with Crippen LogP contribution in [0.25, 0.3) is 0 Å². The highest BCUT2D eigenvalue weighted by atomic mass is 19.1. The number of hydrogen-bond acceptors (Lipinski definition) is 1. The Morgan fingerprint density at radius 2 is 1.91 bits per heavy atom. The molecular weight excluding hydrogens is 277 g/mol. The maximum Gasteiger partial charge on any atom is 0.193 e. The van der Waals surface area contributed by atoms with Gasteiger partial charge in [-0.3, -0.25) is 4.99 Å². The Balaban J connectivity index is 1.77. The van der Waals surface area contributed by atoms with E-state index in [0.29, 0.717) is 12.5 Å². The van der Waals surface area contributed by atoms with Gasteiger partial charge in [-0.05, 0) is 54.7 Å². The van der Waals surface area contributed by atoms with Gasteiger partial charge >= 0.3 is 0 Å². The highest BCUT2D eigenvalue weighted by Crippen LogP contribution is 2.09. The van der Waals surface area contributed by atoms with Crippen molar-refractivity contribution in [2.75, 3.05) is 11.9 Å². The molecule has 3 N–H and O–H groups in total. The lowest BCUT2D eigenvalue weighted by Crippen LogP contribution is -2.22. The maximum absolute atomic E-state index is 13.0. The monoisotopic (exact) mass is 299 g/mol. The average Bonchev–Trinajstić information content (AvgIpc) is 2.52. The van der Waals surface area contributed by atoms with E-state index in [4.69, 9.17) is 5.73 Å². The number of anilines is 1. The minimum absolute atomic E-state index is 0.197. The molecule has 0 saturated carbocycles. The van der Waals surface area contributed by atoms with Gasteiger partial charge in [0.15, 0.2) is 5.96 Å². The summed E-state index contributed by atoms with van der Waals surface area (Å²) < 4.78 is 13.0. The summed E-state index contributed by atoms with van der Waals surface area (Å²) in [7, 11) is 0. The van der Waals surface area contributed by atoms with E-state index in [9.17, 15) is 4.39 Å². The van der Waals surface area contributed by atoms with Crippen LogP contribution >= 0.6 is 0 Å². The van der Waals surface area contributed by atoms with Gasteiger partial charge in [-0.2, -0.15) is 0 Å². The maximum atomic E-state index is 13.0. The largest absolute Gasteiger partial charge is 0.370 e. The fourth-order valence-electron chi connectivity index (χ4n) is 2.19. The SMILES string of the molecule is CCc1ccc(NC(N)=NCCCc2cccc(F)c2)cc1. The molecule has 116 valence electrons. The predicted octanol–water partition coefficient (Wildman–Crippen LogP) is 3.75. The lowest BCUT2D eigenvalue weighted by molar-refractivity contribution is 0.624. The fraction of sp³-hybridized carbons (Fsp3) is 0.278. The Bertz CT molecular complexity index is 620. The molecule has 0 bridgehead atoms. The van der Waals surface area contributed by atoms with Crippen LogP contribution in [0.2, 0.25) is 0 Å². The summed E-state index contributed by atoms with van der Waals surface area (Å²) in [5.74, 6) is 0.209. The molecule has 0 amide bonds. The summed E-state index contributed by atoms with van der Waals surface area (Å²) in [5, 5.41) is 3.07. The molecule has 22 heavy (non-hydrogen) atoms. The zero-order chi connectivity index (χ0) is 15.8. The van der Waals surface area contributed by atoms with Crippen molar-refractivity contribution in [2.24, 2.45) is 10.7 Å². The second kappa shape index (κ2) is 8.17. The second-order valence-corrected chi connectivity index (χ2v) is 5.18. The topological polar surface area (TPSA) is 50.4 Å². The highest BCUT2D eigenvalue weighted by Gasteiger charge is 1.97. The first-order valence-electron chi connectivity index (χ1n) is 7.57. The molecule has 2 aromatic carbocycles. The third kappa shape index (κ3) is 5.20. The van der Waals surface area contributed by atoms with Gasteiger partial charge in [-0.25, -0.2) is 4.39 Å². The normalized spacial score (nSPS) is 11.5. The number of nitrogens with zero attached hydrogens (tertiary/aromatic N) is 1. The molecule has 4 heteroatoms. The van der Waals surface area contributed by atoms with Gasteiger partial charge in [0.25, 0.3) is 0 Å². The van der Waals surface area contributed by atoms with Gasteiger partial charge in [-0.1, -0.05) is 31.2 Å². The summed E-state index contributed by atoms with van der Waals surface area (Å²) >= 11 is 0. The van der Waals surface area contributed by atoms with E-state index in [-0.39, 0.29) is 5.82 Å². The number of benzene rings is 2. The predicted molar refractivity (Wildman–Crippen MR) is 90.7 cm³/mol. The van der Waals surface area contributed by atoms with Crippen molar-refractivity contribution in [1.29, 1.82) is 0 Å². The van der Waals surface area contributed by atoms with Crippen LogP contribution < -0.4 is 11.1 Å². The number of halogens is 1. The van der Waals surface area contributed by atoms with Crippen molar-refractivity contribution in [3.8, 4) is 0 Å². The molecule has 0 heterocycles. The van der Waals surface area contributed by atoms with Crippen molar-refractivity contribution in [2.45, 2.75) is 26.2 Å². The van der Waals surface area contributed by atoms with Crippen LogP contribution in [0.5, 0.6) is 0 Å². The number of guanidine groups is 1. The van der Waals surface area contributed by atoms with E-state index < -0.39 is 0 Å². The molecule has 0 fully saturated rings. The molecule has 2 rings (SSSR count). The van der Waals surface area contributed by atoms with Crippen molar-refractivity contribution in [1.82, 2.24) is 0 Å². The summed E-state index contributed by atoms with van der Waals surface area (Å²) in [4.78, 5) is 4.29. The van der Waals surface area contributed by atoms with E-state index in [1.165, 1.54) is 11.6 Å². The smallest absolute Gasteiger partial charge is 0.193 e. The zero-order valence-corrected chi connectivity index (χ0v) is 12.8. The first-order chi connectivity index (χ1) is 10.7. The lowest BCUT2D eigenvalue weighted by atomic mass is 10.1. The van der Waals surface area contributed by atoms with Gasteiger partial charge in [0.05, 0.1) is 0 Å². The van der Waals surface area contributed by atoms with Gasteiger partial charge in [-0.15, -0.1) is 0 Å². The summed E-state index contributed by atoms with van der Waals surface area (Å²) in [6, 6.07) is 14.8. The van der Waals surface area contributed by atoms with Crippen LogP contribution in [-0.4, -0.2) is 12.5 Å². The first-order valence-corrected chi connectivity index (χ1v) is 7.57. The van der Waals surface area contributed by atoms with Crippen molar-refractivity contribution >= 4 is 11.6 Å². The number of nitrogens with one attached hydrogen (secondary N) is 1. The molecule has 0 aliphatic rings. The Morgan fingerprint density at radius 1 is 1.14 bits per heavy atom. The van der Waals surface area contributed by atoms with Crippen LogP contribution in [-0.2, 0) is 12.8 Å². The Morgan fingerprint density at radius 3 is 2.59 bits per heavy atom. The first kappa shape index (κ1) is 16.0. The number of hydrogen-bond donors (Lipinski definition) is 2. The minimum atomic E-state index is -0.197. The quantitative estimate of drug-likeness (QED) is 0.485. The standard InChI is InChI=1S/C18H22FN3/c1-2-14-8-10-17(11-9-14)22-18(20)21-12-4-6-15-5-3-7-16(19)13-15/h3,5,7-11,13H,2,4,6,12H2,1H3,(H3,20,21,22). The molecule has 0 unspecified atom stereocenters. The molecule has 0 aromatic heterocycles. The summed E-state index contributed by atoms with van der Waals surface area (Å²) in [5.41, 5.74) is 9.06. The number of aryl methyl sites for hydroxylation is 2. The highest BCUT2D eigenvalue weighted by molar-refractivity contribution is 5.92. The molecule has 2 aromatic rings.